The van der Waals surface area contributed by atoms with Gasteiger partial charge in [-0.2, -0.15) is 0 Å². The second kappa shape index (κ2) is 4.78. The summed E-state index contributed by atoms with van der Waals surface area (Å²) in [6.45, 7) is 2.06. The molecule has 0 amide bonds. The van der Waals surface area contributed by atoms with Crippen LogP contribution in [0.3, 0.4) is 0 Å². The van der Waals surface area contributed by atoms with E-state index in [4.69, 9.17) is 5.11 Å². The topological polar surface area (TPSA) is 50.2 Å². The third kappa shape index (κ3) is 2.50. The number of carbonyl (C=O) groups is 1. The quantitative estimate of drug-likeness (QED) is 0.876. The van der Waals surface area contributed by atoms with Gasteiger partial charge in [0, 0.05) is 11.3 Å². The van der Waals surface area contributed by atoms with Crippen LogP contribution in [0.5, 0.6) is 0 Å². The highest BCUT2D eigenvalue weighted by atomic mass is 16.4. The van der Waals surface area contributed by atoms with Crippen molar-refractivity contribution in [3.63, 3.8) is 0 Å². The fraction of sp³-hybridized carbons (Fsp3) is 0.143. The van der Waals surface area contributed by atoms with Gasteiger partial charge < -0.3 is 5.11 Å². The predicted molar refractivity (Wildman–Crippen MR) is 66.0 cm³/mol. The molecule has 0 bridgehead atoms. The van der Waals surface area contributed by atoms with Gasteiger partial charge in [-0.15, -0.1) is 0 Å². The van der Waals surface area contributed by atoms with Gasteiger partial charge in [0.25, 0.3) is 0 Å². The number of nitrogens with zero attached hydrogens (tertiary/aromatic N) is 1. The fourth-order valence-electron chi connectivity index (χ4n) is 1.62. The van der Waals surface area contributed by atoms with E-state index in [2.05, 4.69) is 11.9 Å². The molecule has 2 rings (SSSR count). The van der Waals surface area contributed by atoms with E-state index >= 15 is 0 Å². The van der Waals surface area contributed by atoms with Crippen LogP contribution < -0.4 is 0 Å². The van der Waals surface area contributed by atoms with Crippen molar-refractivity contribution in [1.82, 2.24) is 4.98 Å². The fourth-order valence-corrected chi connectivity index (χ4v) is 1.62. The van der Waals surface area contributed by atoms with E-state index in [1.807, 2.05) is 18.2 Å². The number of aromatic nitrogens is 1. The zero-order valence-corrected chi connectivity index (χ0v) is 9.55. The monoisotopic (exact) mass is 227 g/mol. The lowest BCUT2D eigenvalue weighted by Gasteiger charge is -2.03. The molecule has 0 fully saturated rings. The smallest absolute Gasteiger partial charge is 0.335 e. The summed E-state index contributed by atoms with van der Waals surface area (Å²) in [5.41, 5.74) is 3.14. The van der Waals surface area contributed by atoms with Crippen LogP contribution in [0.15, 0.2) is 42.5 Å². The van der Waals surface area contributed by atoms with Gasteiger partial charge in [0.2, 0.25) is 0 Å². The minimum Gasteiger partial charge on any atom is -0.478 e. The Balaban J connectivity index is 2.36. The number of hydrogen-bond donors (Lipinski definition) is 1. The van der Waals surface area contributed by atoms with Crippen molar-refractivity contribution in [2.24, 2.45) is 0 Å². The molecular weight excluding hydrogens is 214 g/mol. The standard InChI is InChI=1S/C14H13NO2/c1-2-12-4-3-5-13(15-12)10-6-8-11(9-7-10)14(16)17/h3-9H,2H2,1H3,(H,16,17). The van der Waals surface area contributed by atoms with Gasteiger partial charge in [-0.1, -0.05) is 25.1 Å². The van der Waals surface area contributed by atoms with Crippen molar-refractivity contribution in [3.8, 4) is 11.3 Å². The second-order valence-corrected chi connectivity index (χ2v) is 3.75. The molecule has 0 saturated carbocycles. The van der Waals surface area contributed by atoms with Gasteiger partial charge in [-0.3, -0.25) is 4.98 Å². The molecule has 0 aliphatic heterocycles. The van der Waals surface area contributed by atoms with Crippen LogP contribution in [-0.2, 0) is 6.42 Å². The van der Waals surface area contributed by atoms with E-state index in [0.29, 0.717) is 5.56 Å². The number of carboxylic acid groups (broad SMARTS) is 1. The normalized spacial score (nSPS) is 10.2. The third-order valence-electron chi connectivity index (χ3n) is 2.60. The Kier molecular flexibility index (Phi) is 3.19. The third-order valence-corrected chi connectivity index (χ3v) is 2.60. The maximum Gasteiger partial charge on any atom is 0.335 e. The van der Waals surface area contributed by atoms with E-state index in [1.165, 1.54) is 0 Å². The van der Waals surface area contributed by atoms with Crippen LogP contribution in [0, 0.1) is 0 Å². The van der Waals surface area contributed by atoms with Crippen LogP contribution in [0.25, 0.3) is 11.3 Å². The SMILES string of the molecule is CCc1cccc(-c2ccc(C(=O)O)cc2)n1. The van der Waals surface area contributed by atoms with Crippen molar-refractivity contribution in [2.75, 3.05) is 0 Å². The van der Waals surface area contributed by atoms with Crippen LogP contribution in [0.1, 0.15) is 23.0 Å². The van der Waals surface area contributed by atoms with Crippen molar-refractivity contribution in [2.45, 2.75) is 13.3 Å². The van der Waals surface area contributed by atoms with Gasteiger partial charge in [0.05, 0.1) is 11.3 Å². The maximum atomic E-state index is 10.7. The lowest BCUT2D eigenvalue weighted by molar-refractivity contribution is 0.0697. The Labute approximate surface area is 99.8 Å². The van der Waals surface area contributed by atoms with Gasteiger partial charge in [0.15, 0.2) is 0 Å². The molecule has 1 aromatic carbocycles. The highest BCUT2D eigenvalue weighted by Gasteiger charge is 2.04. The first-order valence-electron chi connectivity index (χ1n) is 5.50. The van der Waals surface area contributed by atoms with Crippen molar-refractivity contribution >= 4 is 5.97 Å². The summed E-state index contributed by atoms with van der Waals surface area (Å²) in [5, 5.41) is 8.81. The van der Waals surface area contributed by atoms with Crippen LogP contribution in [0.4, 0.5) is 0 Å². The zero-order valence-electron chi connectivity index (χ0n) is 9.55. The molecule has 0 spiro atoms. The highest BCUT2D eigenvalue weighted by Crippen LogP contribution is 2.18. The Morgan fingerprint density at radius 1 is 1.18 bits per heavy atom. The first-order valence-corrected chi connectivity index (χ1v) is 5.50. The molecule has 0 radical (unpaired) electrons. The Morgan fingerprint density at radius 2 is 1.88 bits per heavy atom. The van der Waals surface area contributed by atoms with E-state index in [1.54, 1.807) is 24.3 Å². The van der Waals surface area contributed by atoms with E-state index in [0.717, 1.165) is 23.4 Å². The van der Waals surface area contributed by atoms with Gasteiger partial charge in [0.1, 0.15) is 0 Å². The van der Waals surface area contributed by atoms with Crippen molar-refractivity contribution in [1.29, 1.82) is 0 Å². The number of benzene rings is 1. The molecular formula is C14H13NO2. The number of hydrogen-bond acceptors (Lipinski definition) is 2. The predicted octanol–water partition coefficient (Wildman–Crippen LogP) is 3.01. The summed E-state index contributed by atoms with van der Waals surface area (Å²) in [5.74, 6) is -0.910. The molecule has 2 aromatic rings. The number of rotatable bonds is 3. The summed E-state index contributed by atoms with van der Waals surface area (Å²) in [7, 11) is 0. The lowest BCUT2D eigenvalue weighted by atomic mass is 10.1. The average Bonchev–Trinajstić information content (AvgIpc) is 2.39. The molecule has 0 aliphatic rings. The molecule has 3 nitrogen and oxygen atoms in total. The average molecular weight is 227 g/mol. The first kappa shape index (κ1) is 11.3. The summed E-state index contributed by atoms with van der Waals surface area (Å²) in [6.07, 6.45) is 0.890. The van der Waals surface area contributed by atoms with Gasteiger partial charge >= 0.3 is 5.97 Å². The summed E-state index contributed by atoms with van der Waals surface area (Å²) in [4.78, 5) is 15.2. The van der Waals surface area contributed by atoms with Crippen LogP contribution >= 0.6 is 0 Å². The molecule has 86 valence electrons. The van der Waals surface area contributed by atoms with Crippen molar-refractivity contribution in [3.05, 3.63) is 53.7 Å². The summed E-state index contributed by atoms with van der Waals surface area (Å²) < 4.78 is 0. The zero-order chi connectivity index (χ0) is 12.3. The molecule has 0 aliphatic carbocycles. The highest BCUT2D eigenvalue weighted by molar-refractivity contribution is 5.88. The molecule has 17 heavy (non-hydrogen) atoms. The molecule has 0 atom stereocenters. The summed E-state index contributed by atoms with van der Waals surface area (Å²) in [6, 6.07) is 12.6. The van der Waals surface area contributed by atoms with Crippen molar-refractivity contribution < 1.29 is 9.90 Å². The van der Waals surface area contributed by atoms with Crippen LogP contribution in [-0.4, -0.2) is 16.1 Å². The molecule has 1 aromatic heterocycles. The second-order valence-electron chi connectivity index (χ2n) is 3.75. The number of carboxylic acids is 1. The van der Waals surface area contributed by atoms with E-state index in [9.17, 15) is 4.79 Å². The molecule has 0 unspecified atom stereocenters. The first-order chi connectivity index (χ1) is 8.20. The summed E-state index contributed by atoms with van der Waals surface area (Å²) >= 11 is 0. The molecule has 1 heterocycles. The van der Waals surface area contributed by atoms with Gasteiger partial charge in [-0.05, 0) is 30.7 Å². The number of aromatic carboxylic acids is 1. The Morgan fingerprint density at radius 3 is 2.47 bits per heavy atom. The maximum absolute atomic E-state index is 10.7. The van der Waals surface area contributed by atoms with E-state index < -0.39 is 5.97 Å². The number of aryl methyl sites for hydroxylation is 1. The number of pyridine rings is 1. The minimum atomic E-state index is -0.910. The minimum absolute atomic E-state index is 0.292. The molecule has 3 heteroatoms. The molecule has 1 N–H and O–H groups in total. The van der Waals surface area contributed by atoms with Gasteiger partial charge in [-0.25, -0.2) is 4.79 Å². The van der Waals surface area contributed by atoms with E-state index in [-0.39, 0.29) is 0 Å². The lowest BCUT2D eigenvalue weighted by Crippen LogP contribution is -1.95. The Hall–Kier alpha value is -2.16. The van der Waals surface area contributed by atoms with Crippen LogP contribution in [0.2, 0.25) is 0 Å². The molecule has 0 saturated heterocycles. The Bertz CT molecular complexity index is 532. The largest absolute Gasteiger partial charge is 0.478 e.